The molecule has 0 fully saturated rings. The van der Waals surface area contributed by atoms with Crippen LogP contribution in [0.5, 0.6) is 0 Å². The summed E-state index contributed by atoms with van der Waals surface area (Å²) in [6.45, 7) is 6.39. The highest BCUT2D eigenvalue weighted by Crippen LogP contribution is 2.20. The second-order valence-corrected chi connectivity index (χ2v) is 5.64. The number of carbonyl (C=O) groups is 1. The molecule has 0 aliphatic carbocycles. The van der Waals surface area contributed by atoms with Crippen LogP contribution in [0.15, 0.2) is 18.2 Å². The van der Waals surface area contributed by atoms with Crippen LogP contribution >= 0.6 is 0 Å². The first-order valence-electron chi connectivity index (χ1n) is 6.51. The van der Waals surface area contributed by atoms with Gasteiger partial charge in [0.1, 0.15) is 5.82 Å². The molecule has 0 aromatic heterocycles. The molecule has 0 atom stereocenters. The van der Waals surface area contributed by atoms with E-state index in [2.05, 4.69) is 5.32 Å². The quantitative estimate of drug-likeness (QED) is 0.778. The summed E-state index contributed by atoms with van der Waals surface area (Å²) in [6, 6.07) is 4.19. The molecule has 0 heterocycles. The van der Waals surface area contributed by atoms with Gasteiger partial charge in [-0.1, -0.05) is 19.9 Å². The number of hydrogen-bond acceptors (Lipinski definition) is 2. The number of aliphatic hydroxyl groups is 1. The topological polar surface area (TPSA) is 49.3 Å². The van der Waals surface area contributed by atoms with E-state index in [1.807, 2.05) is 13.8 Å². The Morgan fingerprint density at radius 3 is 2.74 bits per heavy atom. The molecule has 4 heteroatoms. The van der Waals surface area contributed by atoms with Crippen LogP contribution in [-0.2, 0) is 0 Å². The van der Waals surface area contributed by atoms with E-state index >= 15 is 0 Å². The van der Waals surface area contributed by atoms with Crippen molar-refractivity contribution in [2.45, 2.75) is 33.6 Å². The van der Waals surface area contributed by atoms with Gasteiger partial charge in [0.15, 0.2) is 0 Å². The summed E-state index contributed by atoms with van der Waals surface area (Å²) in [5, 5.41) is 11.9. The van der Waals surface area contributed by atoms with Crippen LogP contribution in [-0.4, -0.2) is 24.2 Å². The van der Waals surface area contributed by atoms with E-state index < -0.39 is 5.82 Å². The number of halogens is 1. The fourth-order valence-electron chi connectivity index (χ4n) is 1.78. The lowest BCUT2D eigenvalue weighted by Gasteiger charge is -2.21. The van der Waals surface area contributed by atoms with Crippen LogP contribution in [0.4, 0.5) is 4.39 Å². The number of rotatable bonds is 6. The van der Waals surface area contributed by atoms with Crippen molar-refractivity contribution in [3.8, 4) is 0 Å². The molecular formula is C15H22FNO2. The van der Waals surface area contributed by atoms with Crippen LogP contribution in [0.1, 0.15) is 42.6 Å². The molecule has 0 aliphatic heterocycles. The molecule has 3 nitrogen and oxygen atoms in total. The van der Waals surface area contributed by atoms with Crippen LogP contribution in [0.3, 0.4) is 0 Å². The number of hydrogen-bond donors (Lipinski definition) is 2. The van der Waals surface area contributed by atoms with Gasteiger partial charge >= 0.3 is 0 Å². The third-order valence-electron chi connectivity index (χ3n) is 3.19. The fourth-order valence-corrected chi connectivity index (χ4v) is 1.78. The van der Waals surface area contributed by atoms with Crippen molar-refractivity contribution in [3.05, 3.63) is 35.1 Å². The van der Waals surface area contributed by atoms with Crippen LogP contribution in [0, 0.1) is 18.2 Å². The zero-order valence-corrected chi connectivity index (χ0v) is 11.8. The second-order valence-electron chi connectivity index (χ2n) is 5.64. The zero-order valence-electron chi connectivity index (χ0n) is 11.8. The number of nitrogens with one attached hydrogen (secondary N) is 1. The fraction of sp³-hybridized carbons (Fsp3) is 0.533. The van der Waals surface area contributed by atoms with Crippen LogP contribution < -0.4 is 5.32 Å². The molecule has 1 aromatic rings. The normalized spacial score (nSPS) is 11.4. The van der Waals surface area contributed by atoms with Gasteiger partial charge in [0, 0.05) is 18.7 Å². The molecule has 0 bridgehead atoms. The second kappa shape index (κ2) is 6.66. The van der Waals surface area contributed by atoms with Crippen molar-refractivity contribution in [1.82, 2.24) is 5.32 Å². The van der Waals surface area contributed by atoms with E-state index in [4.69, 9.17) is 5.11 Å². The molecule has 0 radical (unpaired) electrons. The minimum absolute atomic E-state index is 0.125. The molecular weight excluding hydrogens is 245 g/mol. The van der Waals surface area contributed by atoms with Crippen molar-refractivity contribution in [1.29, 1.82) is 0 Å². The summed E-state index contributed by atoms with van der Waals surface area (Å²) in [4.78, 5) is 11.9. The summed E-state index contributed by atoms with van der Waals surface area (Å²) in [5.41, 5.74) is 1.01. The minimum atomic E-state index is -0.405. The molecule has 0 saturated carbocycles. The van der Waals surface area contributed by atoms with Gasteiger partial charge in [-0.3, -0.25) is 4.79 Å². The molecule has 0 saturated heterocycles. The van der Waals surface area contributed by atoms with E-state index in [9.17, 15) is 9.18 Å². The lowest BCUT2D eigenvalue weighted by Crippen LogP contribution is -2.27. The van der Waals surface area contributed by atoms with Gasteiger partial charge in [0.25, 0.3) is 5.91 Å². The van der Waals surface area contributed by atoms with Gasteiger partial charge in [-0.2, -0.15) is 0 Å². The number of benzene rings is 1. The molecule has 1 rings (SSSR count). The summed E-state index contributed by atoms with van der Waals surface area (Å²) >= 11 is 0. The smallest absolute Gasteiger partial charge is 0.251 e. The van der Waals surface area contributed by atoms with Crippen molar-refractivity contribution in [2.75, 3.05) is 13.2 Å². The largest absolute Gasteiger partial charge is 0.396 e. The monoisotopic (exact) mass is 267 g/mol. The molecule has 0 aliphatic rings. The highest BCUT2D eigenvalue weighted by Gasteiger charge is 2.16. The first kappa shape index (κ1) is 15.6. The van der Waals surface area contributed by atoms with Crippen LogP contribution in [0.2, 0.25) is 0 Å². The Morgan fingerprint density at radius 1 is 1.42 bits per heavy atom. The van der Waals surface area contributed by atoms with Gasteiger partial charge in [0.05, 0.1) is 0 Å². The Morgan fingerprint density at radius 2 is 2.11 bits per heavy atom. The van der Waals surface area contributed by atoms with Gasteiger partial charge < -0.3 is 10.4 Å². The number of aryl methyl sites for hydroxylation is 1. The van der Waals surface area contributed by atoms with E-state index in [0.717, 1.165) is 18.4 Å². The Balaban J connectivity index is 2.46. The molecule has 1 aromatic carbocycles. The Labute approximate surface area is 113 Å². The predicted octanol–water partition coefficient (Wildman–Crippen LogP) is 2.66. The third-order valence-corrected chi connectivity index (χ3v) is 3.19. The Hall–Kier alpha value is -1.42. The van der Waals surface area contributed by atoms with E-state index in [1.165, 1.54) is 12.1 Å². The lowest BCUT2D eigenvalue weighted by atomic mass is 9.89. The van der Waals surface area contributed by atoms with Gasteiger partial charge in [-0.15, -0.1) is 0 Å². The predicted molar refractivity (Wildman–Crippen MR) is 73.6 cm³/mol. The molecule has 1 amide bonds. The lowest BCUT2D eigenvalue weighted by molar-refractivity contribution is 0.0947. The van der Waals surface area contributed by atoms with Crippen molar-refractivity contribution in [3.63, 3.8) is 0 Å². The maximum Gasteiger partial charge on any atom is 0.251 e. The van der Waals surface area contributed by atoms with Crippen molar-refractivity contribution in [2.24, 2.45) is 5.41 Å². The Kier molecular flexibility index (Phi) is 5.48. The van der Waals surface area contributed by atoms with Crippen LogP contribution in [0.25, 0.3) is 0 Å². The molecule has 0 spiro atoms. The highest BCUT2D eigenvalue weighted by atomic mass is 19.1. The van der Waals surface area contributed by atoms with Crippen molar-refractivity contribution >= 4 is 5.91 Å². The maximum absolute atomic E-state index is 13.1. The van der Waals surface area contributed by atoms with E-state index in [1.54, 1.807) is 13.0 Å². The molecule has 2 N–H and O–H groups in total. The van der Waals surface area contributed by atoms with Gasteiger partial charge in [-0.25, -0.2) is 4.39 Å². The minimum Gasteiger partial charge on any atom is -0.396 e. The van der Waals surface area contributed by atoms with Gasteiger partial charge in [-0.05, 0) is 42.9 Å². The summed E-state index contributed by atoms with van der Waals surface area (Å²) in [6.07, 6.45) is 1.61. The maximum atomic E-state index is 13.1. The number of aliphatic hydroxyl groups excluding tert-OH is 1. The van der Waals surface area contributed by atoms with E-state index in [0.29, 0.717) is 12.1 Å². The summed E-state index contributed by atoms with van der Waals surface area (Å²) < 4.78 is 13.1. The number of carbonyl (C=O) groups excluding carboxylic acids is 1. The molecule has 0 unspecified atom stereocenters. The summed E-state index contributed by atoms with van der Waals surface area (Å²) in [5.74, 6) is -0.657. The first-order chi connectivity index (χ1) is 8.85. The SMILES string of the molecule is Cc1ccc(F)cc1C(=O)NCCCC(C)(C)CO. The van der Waals surface area contributed by atoms with Crippen molar-refractivity contribution < 1.29 is 14.3 Å². The average molecular weight is 267 g/mol. The molecule has 106 valence electrons. The van der Waals surface area contributed by atoms with Gasteiger partial charge in [0.2, 0.25) is 0 Å². The third kappa shape index (κ3) is 4.99. The summed E-state index contributed by atoms with van der Waals surface area (Å²) in [7, 11) is 0. The average Bonchev–Trinajstić information content (AvgIpc) is 2.37. The highest BCUT2D eigenvalue weighted by molar-refractivity contribution is 5.95. The Bertz CT molecular complexity index is 444. The molecule has 19 heavy (non-hydrogen) atoms. The number of amides is 1. The zero-order chi connectivity index (χ0) is 14.5. The van der Waals surface area contributed by atoms with E-state index in [-0.39, 0.29) is 17.9 Å². The standard InChI is InChI=1S/C15H22FNO2/c1-11-5-6-12(16)9-13(11)14(19)17-8-4-7-15(2,3)10-18/h5-6,9,18H,4,7-8,10H2,1-3H3,(H,17,19). The first-order valence-corrected chi connectivity index (χ1v) is 6.51.